The molecule has 3 fully saturated rings. The van der Waals surface area contributed by atoms with Crippen LogP contribution in [0.3, 0.4) is 0 Å². The van der Waals surface area contributed by atoms with Gasteiger partial charge in [-0.2, -0.15) is 0 Å². The Morgan fingerprint density at radius 1 is 1.00 bits per heavy atom. The van der Waals surface area contributed by atoms with Gasteiger partial charge in [-0.05, 0) is 46.2 Å². The summed E-state index contributed by atoms with van der Waals surface area (Å²) in [5, 5.41) is 12.1. The van der Waals surface area contributed by atoms with Crippen molar-refractivity contribution in [2.75, 3.05) is 39.8 Å². The molecular formula is C21H37IN8O. The van der Waals surface area contributed by atoms with Gasteiger partial charge in [-0.15, -0.1) is 34.2 Å². The van der Waals surface area contributed by atoms with Crippen molar-refractivity contribution < 1.29 is 4.79 Å². The van der Waals surface area contributed by atoms with Gasteiger partial charge in [0.2, 0.25) is 5.91 Å². The van der Waals surface area contributed by atoms with Crippen molar-refractivity contribution in [2.45, 2.75) is 64.1 Å². The molecule has 1 aromatic heterocycles. The van der Waals surface area contributed by atoms with Crippen LogP contribution in [0.1, 0.15) is 50.2 Å². The summed E-state index contributed by atoms with van der Waals surface area (Å²) in [6.07, 6.45) is 7.08. The van der Waals surface area contributed by atoms with Gasteiger partial charge < -0.3 is 19.7 Å². The molecule has 0 radical (unpaired) electrons. The van der Waals surface area contributed by atoms with Crippen molar-refractivity contribution in [1.29, 1.82) is 0 Å². The van der Waals surface area contributed by atoms with Gasteiger partial charge in [0.1, 0.15) is 12.4 Å². The SMILES string of the molecule is Cc1nnc(CN=C(NC2CCCC2)N2CCN(C(=O)C3CCCN3C)CC2)n1C.I. The molecule has 1 unspecified atom stereocenters. The predicted octanol–water partition coefficient (Wildman–Crippen LogP) is 1.37. The number of guanidine groups is 1. The second kappa shape index (κ2) is 10.9. The molecule has 31 heavy (non-hydrogen) atoms. The van der Waals surface area contributed by atoms with Crippen LogP contribution >= 0.6 is 24.0 Å². The number of aryl methyl sites for hydroxylation is 1. The van der Waals surface area contributed by atoms with Gasteiger partial charge in [-0.25, -0.2) is 4.99 Å². The first kappa shape index (κ1) is 24.2. The number of carbonyl (C=O) groups excluding carboxylic acids is 1. The average Bonchev–Trinajstić information content (AvgIpc) is 3.49. The Bertz CT molecular complexity index is 767. The molecular weight excluding hydrogens is 507 g/mol. The van der Waals surface area contributed by atoms with Gasteiger partial charge in [-0.1, -0.05) is 12.8 Å². The van der Waals surface area contributed by atoms with Gasteiger partial charge in [0.05, 0.1) is 6.04 Å². The monoisotopic (exact) mass is 544 g/mol. The number of nitrogens with zero attached hydrogens (tertiary/aromatic N) is 7. The lowest BCUT2D eigenvalue weighted by Gasteiger charge is -2.38. The molecule has 2 aliphatic heterocycles. The van der Waals surface area contributed by atoms with Crippen LogP contribution in [0.25, 0.3) is 0 Å². The third kappa shape index (κ3) is 5.68. The highest BCUT2D eigenvalue weighted by Gasteiger charge is 2.33. The molecule has 174 valence electrons. The summed E-state index contributed by atoms with van der Waals surface area (Å²) < 4.78 is 1.99. The molecule has 2 saturated heterocycles. The van der Waals surface area contributed by atoms with E-state index in [1.807, 2.05) is 23.4 Å². The minimum Gasteiger partial charge on any atom is -0.353 e. The normalized spacial score (nSPS) is 23.3. The summed E-state index contributed by atoms with van der Waals surface area (Å²) in [6.45, 7) is 6.65. The van der Waals surface area contributed by atoms with E-state index in [4.69, 9.17) is 4.99 Å². The lowest BCUT2D eigenvalue weighted by molar-refractivity contribution is -0.136. The van der Waals surface area contributed by atoms with Gasteiger partial charge in [0.15, 0.2) is 11.8 Å². The summed E-state index contributed by atoms with van der Waals surface area (Å²) in [6, 6.07) is 0.567. The number of aromatic nitrogens is 3. The minimum absolute atomic E-state index is 0. The number of piperazine rings is 1. The molecule has 1 saturated carbocycles. The van der Waals surface area contributed by atoms with Crippen molar-refractivity contribution in [2.24, 2.45) is 12.0 Å². The quantitative estimate of drug-likeness (QED) is 0.351. The Morgan fingerprint density at radius 2 is 1.68 bits per heavy atom. The molecule has 0 aromatic carbocycles. The maximum absolute atomic E-state index is 12.9. The van der Waals surface area contributed by atoms with E-state index < -0.39 is 0 Å². The first-order chi connectivity index (χ1) is 14.5. The summed E-state index contributed by atoms with van der Waals surface area (Å²) in [7, 11) is 4.05. The predicted molar refractivity (Wildman–Crippen MR) is 131 cm³/mol. The van der Waals surface area contributed by atoms with Crippen LogP contribution < -0.4 is 5.32 Å². The highest BCUT2D eigenvalue weighted by molar-refractivity contribution is 14.0. The number of hydrogen-bond acceptors (Lipinski definition) is 5. The molecule has 3 aliphatic rings. The van der Waals surface area contributed by atoms with Crippen LogP contribution in [-0.2, 0) is 18.4 Å². The third-order valence-corrected chi connectivity index (χ3v) is 6.94. The summed E-state index contributed by atoms with van der Waals surface area (Å²) >= 11 is 0. The van der Waals surface area contributed by atoms with Crippen LogP contribution in [0.2, 0.25) is 0 Å². The number of likely N-dealkylation sites (N-methyl/N-ethyl adjacent to an activating group) is 1. The second-order valence-corrected chi connectivity index (χ2v) is 8.94. The van der Waals surface area contributed by atoms with Crippen molar-refractivity contribution in [3.05, 3.63) is 11.6 Å². The second-order valence-electron chi connectivity index (χ2n) is 8.94. The van der Waals surface area contributed by atoms with E-state index in [1.165, 1.54) is 25.7 Å². The zero-order valence-electron chi connectivity index (χ0n) is 19.1. The van der Waals surface area contributed by atoms with Gasteiger partial charge in [0, 0.05) is 39.3 Å². The zero-order chi connectivity index (χ0) is 21.1. The van der Waals surface area contributed by atoms with Crippen LogP contribution in [0, 0.1) is 6.92 Å². The van der Waals surface area contributed by atoms with E-state index in [9.17, 15) is 4.79 Å². The average molecular weight is 544 g/mol. The van der Waals surface area contributed by atoms with Crippen molar-refractivity contribution in [1.82, 2.24) is 34.8 Å². The largest absolute Gasteiger partial charge is 0.353 e. The molecule has 1 N–H and O–H groups in total. The fourth-order valence-electron chi connectivity index (χ4n) is 4.80. The van der Waals surface area contributed by atoms with Crippen molar-refractivity contribution in [3.8, 4) is 0 Å². The highest BCUT2D eigenvalue weighted by Crippen LogP contribution is 2.20. The molecule has 1 aliphatic carbocycles. The number of rotatable bonds is 4. The van der Waals surface area contributed by atoms with Crippen LogP contribution in [0.15, 0.2) is 4.99 Å². The van der Waals surface area contributed by atoms with Gasteiger partial charge in [0.25, 0.3) is 0 Å². The van der Waals surface area contributed by atoms with E-state index in [2.05, 4.69) is 32.4 Å². The third-order valence-electron chi connectivity index (χ3n) is 6.94. The molecule has 10 heteroatoms. The van der Waals surface area contributed by atoms with Crippen LogP contribution in [0.4, 0.5) is 0 Å². The Hall–Kier alpha value is -1.43. The van der Waals surface area contributed by atoms with E-state index in [0.717, 1.165) is 63.2 Å². The molecule has 3 heterocycles. The summed E-state index contributed by atoms with van der Waals surface area (Å²) in [5.41, 5.74) is 0. The van der Waals surface area contributed by atoms with E-state index in [0.29, 0.717) is 18.5 Å². The van der Waals surface area contributed by atoms with Crippen LogP contribution in [0.5, 0.6) is 0 Å². The number of likely N-dealkylation sites (tertiary alicyclic amines) is 1. The Morgan fingerprint density at radius 3 is 2.26 bits per heavy atom. The Labute approximate surface area is 202 Å². The fourth-order valence-corrected chi connectivity index (χ4v) is 4.80. The van der Waals surface area contributed by atoms with Crippen molar-refractivity contribution >= 4 is 35.8 Å². The molecule has 0 bridgehead atoms. The molecule has 1 amide bonds. The number of aliphatic imine (C=N–C) groups is 1. The summed E-state index contributed by atoms with van der Waals surface area (Å²) in [5.74, 6) is 3.02. The lowest BCUT2D eigenvalue weighted by Crippen LogP contribution is -2.57. The number of carbonyl (C=O) groups is 1. The van der Waals surface area contributed by atoms with E-state index in [1.54, 1.807) is 0 Å². The highest BCUT2D eigenvalue weighted by atomic mass is 127. The zero-order valence-corrected chi connectivity index (χ0v) is 21.4. The molecule has 4 rings (SSSR count). The molecule has 1 atom stereocenters. The maximum Gasteiger partial charge on any atom is 0.240 e. The number of halogens is 1. The van der Waals surface area contributed by atoms with E-state index in [-0.39, 0.29) is 30.0 Å². The smallest absolute Gasteiger partial charge is 0.240 e. The fraction of sp³-hybridized carbons (Fsp3) is 0.810. The first-order valence-electron chi connectivity index (χ1n) is 11.4. The topological polar surface area (TPSA) is 81.9 Å². The maximum atomic E-state index is 12.9. The number of nitrogens with one attached hydrogen (secondary N) is 1. The minimum atomic E-state index is 0. The Kier molecular flexibility index (Phi) is 8.54. The molecule has 0 spiro atoms. The van der Waals surface area contributed by atoms with Crippen LogP contribution in [-0.4, -0.2) is 93.2 Å². The van der Waals surface area contributed by atoms with E-state index >= 15 is 0 Å². The molecule has 1 aromatic rings. The number of amides is 1. The van der Waals surface area contributed by atoms with Crippen molar-refractivity contribution in [3.63, 3.8) is 0 Å². The molecule has 9 nitrogen and oxygen atoms in total. The lowest BCUT2D eigenvalue weighted by atomic mass is 10.1. The Balaban J connectivity index is 0.00000272. The standard InChI is InChI=1S/C21H36N8O.HI/c1-16-24-25-19(27(16)3)15-22-21(23-17-7-4-5-8-17)29-13-11-28(12-14-29)20(30)18-9-6-10-26(18)2;/h17-18H,4-15H2,1-3H3,(H,22,23);1H. The van der Waals surface area contributed by atoms with Gasteiger partial charge in [-0.3, -0.25) is 9.69 Å². The summed E-state index contributed by atoms with van der Waals surface area (Å²) in [4.78, 5) is 24.4. The number of hydrogen-bond donors (Lipinski definition) is 1. The first-order valence-corrected chi connectivity index (χ1v) is 11.4. The van der Waals surface area contributed by atoms with Gasteiger partial charge >= 0.3 is 0 Å².